The summed E-state index contributed by atoms with van der Waals surface area (Å²) in [6.45, 7) is 7.15. The molecule has 4 rings (SSSR count). The number of hydrogen-bond donors (Lipinski definition) is 0. The summed E-state index contributed by atoms with van der Waals surface area (Å²) in [5, 5.41) is 0.698. The van der Waals surface area contributed by atoms with Gasteiger partial charge in [0.05, 0.1) is 0 Å². The van der Waals surface area contributed by atoms with Gasteiger partial charge in [0.2, 0.25) is 0 Å². The van der Waals surface area contributed by atoms with Crippen LogP contribution in [-0.2, 0) is 6.54 Å². The Morgan fingerprint density at radius 3 is 2.34 bits per heavy atom. The fourth-order valence-electron chi connectivity index (χ4n) is 3.57. The van der Waals surface area contributed by atoms with Crippen molar-refractivity contribution in [2.24, 2.45) is 0 Å². The summed E-state index contributed by atoms with van der Waals surface area (Å²) < 4.78 is 18.9. The summed E-state index contributed by atoms with van der Waals surface area (Å²) >= 11 is 1.47. The molecule has 166 valence electrons. The third-order valence-corrected chi connectivity index (χ3v) is 6.00. The minimum absolute atomic E-state index is 0.226. The van der Waals surface area contributed by atoms with Gasteiger partial charge in [0.15, 0.2) is 5.16 Å². The van der Waals surface area contributed by atoms with Crippen LogP contribution in [0.25, 0.3) is 0 Å². The molecule has 1 saturated heterocycles. The zero-order chi connectivity index (χ0) is 22.5. The van der Waals surface area contributed by atoms with E-state index in [0.29, 0.717) is 30.5 Å². The van der Waals surface area contributed by atoms with Crippen LogP contribution in [0.4, 0.5) is 9.18 Å². The van der Waals surface area contributed by atoms with Gasteiger partial charge in [-0.25, -0.2) is 19.2 Å². The standard InChI is InChI=1S/C24H25FN4O2S/c1-17-14-18(2)27-23(26-17)32-22-8-6-21(7-9-22)31-24(30)29-12-10-28(11-13-29)16-19-4-3-5-20(25)15-19/h3-9,14-15H,10-13,16H2,1-2H3. The number of rotatable bonds is 5. The van der Waals surface area contributed by atoms with E-state index in [4.69, 9.17) is 4.74 Å². The molecule has 0 saturated carbocycles. The fraction of sp³-hybridized carbons (Fsp3) is 0.292. The molecule has 1 fully saturated rings. The molecule has 1 amide bonds. The summed E-state index contributed by atoms with van der Waals surface area (Å²) in [6.07, 6.45) is -0.353. The summed E-state index contributed by atoms with van der Waals surface area (Å²) in [7, 11) is 0. The van der Waals surface area contributed by atoms with E-state index in [-0.39, 0.29) is 11.9 Å². The number of piperazine rings is 1. The molecule has 1 aliphatic heterocycles. The van der Waals surface area contributed by atoms with Crippen LogP contribution in [0.3, 0.4) is 0 Å². The quantitative estimate of drug-likeness (QED) is 0.523. The van der Waals surface area contributed by atoms with Crippen LogP contribution in [0.1, 0.15) is 17.0 Å². The zero-order valence-electron chi connectivity index (χ0n) is 18.1. The average molecular weight is 453 g/mol. The van der Waals surface area contributed by atoms with Crippen LogP contribution in [0.15, 0.2) is 64.6 Å². The molecular formula is C24H25FN4O2S. The number of hydrogen-bond acceptors (Lipinski definition) is 6. The lowest BCUT2D eigenvalue weighted by molar-refractivity contribution is 0.108. The first kappa shape index (κ1) is 22.2. The van der Waals surface area contributed by atoms with E-state index in [9.17, 15) is 9.18 Å². The number of carbonyl (C=O) groups is 1. The molecule has 1 aromatic heterocycles. The van der Waals surface area contributed by atoms with Crippen molar-refractivity contribution in [3.63, 3.8) is 0 Å². The largest absolute Gasteiger partial charge is 0.415 e. The third-order valence-electron chi connectivity index (χ3n) is 5.13. The smallest absolute Gasteiger partial charge is 0.410 e. The van der Waals surface area contributed by atoms with Crippen LogP contribution < -0.4 is 4.74 Å². The molecule has 0 atom stereocenters. The van der Waals surface area contributed by atoms with Crippen molar-refractivity contribution in [2.75, 3.05) is 26.2 Å². The lowest BCUT2D eigenvalue weighted by Gasteiger charge is -2.34. The van der Waals surface area contributed by atoms with E-state index < -0.39 is 0 Å². The molecule has 0 N–H and O–H groups in total. The summed E-state index contributed by atoms with van der Waals surface area (Å²) in [4.78, 5) is 26.3. The number of nitrogens with zero attached hydrogens (tertiary/aromatic N) is 4. The molecule has 32 heavy (non-hydrogen) atoms. The monoisotopic (exact) mass is 452 g/mol. The number of ether oxygens (including phenoxy) is 1. The van der Waals surface area contributed by atoms with Crippen molar-refractivity contribution >= 4 is 17.9 Å². The molecular weight excluding hydrogens is 427 g/mol. The van der Waals surface area contributed by atoms with Gasteiger partial charge in [-0.15, -0.1) is 0 Å². The molecule has 6 nitrogen and oxygen atoms in total. The van der Waals surface area contributed by atoms with Gasteiger partial charge in [-0.1, -0.05) is 12.1 Å². The number of halogens is 1. The Hall–Kier alpha value is -2.97. The van der Waals surface area contributed by atoms with Gasteiger partial charge in [0, 0.05) is 49.0 Å². The first-order chi connectivity index (χ1) is 15.4. The lowest BCUT2D eigenvalue weighted by Crippen LogP contribution is -2.49. The lowest BCUT2D eigenvalue weighted by atomic mass is 10.2. The van der Waals surface area contributed by atoms with E-state index in [1.807, 2.05) is 38.1 Å². The average Bonchev–Trinajstić information content (AvgIpc) is 2.75. The van der Waals surface area contributed by atoms with E-state index in [0.717, 1.165) is 34.9 Å². The van der Waals surface area contributed by atoms with E-state index >= 15 is 0 Å². The van der Waals surface area contributed by atoms with Gasteiger partial charge < -0.3 is 9.64 Å². The van der Waals surface area contributed by atoms with Crippen molar-refractivity contribution < 1.29 is 13.9 Å². The summed E-state index contributed by atoms with van der Waals surface area (Å²) in [5.41, 5.74) is 2.80. The molecule has 2 heterocycles. The second-order valence-corrected chi connectivity index (χ2v) is 8.81. The Kier molecular flexibility index (Phi) is 7.02. The van der Waals surface area contributed by atoms with Crippen molar-refractivity contribution in [1.82, 2.24) is 19.8 Å². The number of carbonyl (C=O) groups excluding carboxylic acids is 1. The molecule has 0 bridgehead atoms. The summed E-state index contributed by atoms with van der Waals surface area (Å²) in [5.74, 6) is 0.276. The SMILES string of the molecule is Cc1cc(C)nc(Sc2ccc(OC(=O)N3CCN(Cc4cccc(F)c4)CC3)cc2)n1. The molecule has 0 spiro atoms. The predicted molar refractivity (Wildman–Crippen MR) is 121 cm³/mol. The first-order valence-electron chi connectivity index (χ1n) is 10.5. The minimum atomic E-state index is -0.353. The highest BCUT2D eigenvalue weighted by atomic mass is 32.2. The van der Waals surface area contributed by atoms with Gasteiger partial charge in [-0.2, -0.15) is 0 Å². The van der Waals surface area contributed by atoms with Crippen molar-refractivity contribution in [3.8, 4) is 5.75 Å². The Morgan fingerprint density at radius 1 is 1.00 bits per heavy atom. The topological polar surface area (TPSA) is 58.6 Å². The maximum atomic E-state index is 13.4. The molecule has 8 heteroatoms. The first-order valence-corrected chi connectivity index (χ1v) is 11.3. The predicted octanol–water partition coefficient (Wildman–Crippen LogP) is 4.70. The molecule has 0 unspecified atom stereocenters. The van der Waals surface area contributed by atoms with Crippen LogP contribution in [0.2, 0.25) is 0 Å². The molecule has 0 radical (unpaired) electrons. The fourth-order valence-corrected chi connectivity index (χ4v) is 4.43. The number of aryl methyl sites for hydroxylation is 2. The normalized spacial score (nSPS) is 14.4. The Labute approximate surface area is 191 Å². The van der Waals surface area contributed by atoms with Crippen molar-refractivity contribution in [3.05, 3.63) is 77.4 Å². The highest BCUT2D eigenvalue weighted by Gasteiger charge is 2.22. The minimum Gasteiger partial charge on any atom is -0.410 e. The molecule has 0 aliphatic carbocycles. The van der Waals surface area contributed by atoms with Gasteiger partial charge >= 0.3 is 6.09 Å². The van der Waals surface area contributed by atoms with Gasteiger partial charge in [0.25, 0.3) is 0 Å². The van der Waals surface area contributed by atoms with Gasteiger partial charge in [0.1, 0.15) is 11.6 Å². The third kappa shape index (κ3) is 6.05. The second kappa shape index (κ2) is 10.1. The molecule has 2 aromatic carbocycles. The highest BCUT2D eigenvalue weighted by Crippen LogP contribution is 2.27. The second-order valence-electron chi connectivity index (χ2n) is 7.77. The Morgan fingerprint density at radius 2 is 1.69 bits per heavy atom. The van der Waals surface area contributed by atoms with Crippen LogP contribution in [0.5, 0.6) is 5.75 Å². The Balaban J connectivity index is 1.27. The van der Waals surface area contributed by atoms with E-state index in [1.54, 1.807) is 29.2 Å². The number of aromatic nitrogens is 2. The van der Waals surface area contributed by atoms with E-state index in [2.05, 4.69) is 14.9 Å². The van der Waals surface area contributed by atoms with Crippen molar-refractivity contribution in [1.29, 1.82) is 0 Å². The maximum Gasteiger partial charge on any atom is 0.415 e. The Bertz CT molecular complexity index is 1070. The van der Waals surface area contributed by atoms with E-state index in [1.165, 1.54) is 17.8 Å². The van der Waals surface area contributed by atoms with Gasteiger partial charge in [-0.05, 0) is 73.6 Å². The number of amides is 1. The highest BCUT2D eigenvalue weighted by molar-refractivity contribution is 7.99. The van der Waals surface area contributed by atoms with Gasteiger partial charge in [-0.3, -0.25) is 4.90 Å². The van der Waals surface area contributed by atoms with Crippen LogP contribution in [0, 0.1) is 19.7 Å². The molecule has 3 aromatic rings. The van der Waals surface area contributed by atoms with Crippen LogP contribution >= 0.6 is 11.8 Å². The summed E-state index contributed by atoms with van der Waals surface area (Å²) in [6, 6.07) is 15.9. The number of benzene rings is 2. The zero-order valence-corrected chi connectivity index (χ0v) is 18.9. The van der Waals surface area contributed by atoms with Crippen molar-refractivity contribution in [2.45, 2.75) is 30.4 Å². The molecule has 1 aliphatic rings. The maximum absolute atomic E-state index is 13.4. The van der Waals surface area contributed by atoms with Crippen LogP contribution in [-0.4, -0.2) is 52.0 Å².